The Morgan fingerprint density at radius 3 is 2.52 bits per heavy atom. The van der Waals surface area contributed by atoms with Crippen LogP contribution >= 0.6 is 0 Å². The number of benzene rings is 1. The Morgan fingerprint density at radius 1 is 1.19 bits per heavy atom. The van der Waals surface area contributed by atoms with Crippen LogP contribution in [0.15, 0.2) is 42.6 Å². The largest absolute Gasteiger partial charge is 0.341 e. The second kappa shape index (κ2) is 6.71. The minimum Gasteiger partial charge on any atom is -0.341 e. The lowest BCUT2D eigenvalue weighted by molar-refractivity contribution is -0.131. The first-order valence-corrected chi connectivity index (χ1v) is 11.0. The smallest absolute Gasteiger partial charge is 0.226 e. The molecule has 142 valence electrons. The van der Waals surface area contributed by atoms with Crippen molar-refractivity contribution in [3.05, 3.63) is 54.0 Å². The zero-order valence-corrected chi connectivity index (χ0v) is 15.8. The summed E-state index contributed by atoms with van der Waals surface area (Å²) in [6.07, 6.45) is 4.31. The fraction of sp³-hybridized carbons (Fsp3) is 0.400. The second-order valence-corrected chi connectivity index (χ2v) is 9.78. The summed E-state index contributed by atoms with van der Waals surface area (Å²) in [5, 5.41) is -0.435. The first kappa shape index (κ1) is 18.1. The van der Waals surface area contributed by atoms with Crippen LogP contribution in [0.3, 0.4) is 0 Å². The maximum absolute atomic E-state index is 13.0. The number of hydrogen-bond donors (Lipinski definition) is 0. The Balaban J connectivity index is 1.40. The molecule has 0 spiro atoms. The normalized spacial score (nSPS) is 24.8. The summed E-state index contributed by atoms with van der Waals surface area (Å²) in [5.41, 5.74) is 2.62. The molecule has 2 aliphatic rings. The predicted molar refractivity (Wildman–Crippen MR) is 100 cm³/mol. The first-order chi connectivity index (χ1) is 12.8. The molecule has 2 aromatic rings. The number of hydrogen-bond acceptors (Lipinski definition) is 4. The summed E-state index contributed by atoms with van der Waals surface area (Å²) in [4.78, 5) is 18.8. The average Bonchev–Trinajstić information content (AvgIpc) is 3.27. The summed E-state index contributed by atoms with van der Waals surface area (Å²) >= 11 is 0. The predicted octanol–water partition coefficient (Wildman–Crippen LogP) is 2.64. The number of likely N-dealkylation sites (tertiary alicyclic amines) is 1. The van der Waals surface area contributed by atoms with Gasteiger partial charge in [0, 0.05) is 37.0 Å². The molecule has 0 N–H and O–H groups in total. The van der Waals surface area contributed by atoms with Crippen molar-refractivity contribution in [1.29, 1.82) is 0 Å². The van der Waals surface area contributed by atoms with E-state index in [1.54, 1.807) is 23.2 Å². The first-order valence-electron chi connectivity index (χ1n) is 9.02. The van der Waals surface area contributed by atoms with Gasteiger partial charge in [0.25, 0.3) is 0 Å². The summed E-state index contributed by atoms with van der Waals surface area (Å²) in [7, 11) is -3.10. The van der Waals surface area contributed by atoms with Crippen LogP contribution in [0, 0.1) is 11.7 Å². The Kier molecular flexibility index (Phi) is 4.50. The van der Waals surface area contributed by atoms with Crippen LogP contribution in [0.25, 0.3) is 11.3 Å². The lowest BCUT2D eigenvalue weighted by atomic mass is 10.1. The maximum Gasteiger partial charge on any atom is 0.226 e. The van der Waals surface area contributed by atoms with Crippen LogP contribution < -0.4 is 0 Å². The minimum absolute atomic E-state index is 0.0498. The summed E-state index contributed by atoms with van der Waals surface area (Å²) < 4.78 is 36.4. The van der Waals surface area contributed by atoms with Crippen molar-refractivity contribution in [1.82, 2.24) is 9.88 Å². The molecule has 0 bridgehead atoms. The van der Waals surface area contributed by atoms with Gasteiger partial charge >= 0.3 is 0 Å². The van der Waals surface area contributed by atoms with Gasteiger partial charge in [-0.25, -0.2) is 12.8 Å². The van der Waals surface area contributed by atoms with Gasteiger partial charge in [0.05, 0.1) is 10.9 Å². The highest BCUT2D eigenvalue weighted by molar-refractivity contribution is 7.91. The molecule has 2 heterocycles. The molecule has 3 atom stereocenters. The van der Waals surface area contributed by atoms with Crippen molar-refractivity contribution >= 4 is 15.7 Å². The molecular weight excluding hydrogens is 367 g/mol. The van der Waals surface area contributed by atoms with Gasteiger partial charge in [-0.15, -0.1) is 0 Å². The number of rotatable bonds is 4. The standard InChI is InChI=1S/C20H21FN2O3S/c1-27(25,26)16-8-9-23(12-16)20(24)18-10-17(18)14-4-7-19(22-11-14)13-2-5-15(21)6-3-13/h2-7,11,16-18H,8-10,12H2,1H3. The van der Waals surface area contributed by atoms with Crippen molar-refractivity contribution in [3.63, 3.8) is 0 Å². The van der Waals surface area contributed by atoms with Gasteiger partial charge in [-0.05, 0) is 54.7 Å². The Morgan fingerprint density at radius 2 is 1.93 bits per heavy atom. The van der Waals surface area contributed by atoms with Crippen molar-refractivity contribution in [2.45, 2.75) is 24.0 Å². The molecule has 4 rings (SSSR count). The van der Waals surface area contributed by atoms with Crippen LogP contribution in [0.1, 0.15) is 24.3 Å². The number of carbonyl (C=O) groups excluding carboxylic acids is 1. The third-order valence-corrected chi connectivity index (χ3v) is 7.12. The van der Waals surface area contributed by atoms with Gasteiger partial charge < -0.3 is 4.90 Å². The highest BCUT2D eigenvalue weighted by Crippen LogP contribution is 2.48. The van der Waals surface area contributed by atoms with E-state index in [1.165, 1.54) is 18.4 Å². The molecule has 1 aromatic heterocycles. The Labute approximate surface area is 158 Å². The van der Waals surface area contributed by atoms with Gasteiger partial charge in [0.15, 0.2) is 9.84 Å². The minimum atomic E-state index is -3.10. The van der Waals surface area contributed by atoms with E-state index in [2.05, 4.69) is 4.98 Å². The van der Waals surface area contributed by atoms with Crippen LogP contribution in [0.4, 0.5) is 4.39 Å². The van der Waals surface area contributed by atoms with E-state index in [0.29, 0.717) is 19.5 Å². The van der Waals surface area contributed by atoms with Gasteiger partial charge in [-0.1, -0.05) is 6.07 Å². The van der Waals surface area contributed by atoms with Gasteiger partial charge in [0.1, 0.15) is 5.82 Å². The molecule has 2 fully saturated rings. The molecule has 0 radical (unpaired) electrons. The molecule has 5 nitrogen and oxygen atoms in total. The van der Waals surface area contributed by atoms with E-state index in [-0.39, 0.29) is 23.6 Å². The Hall–Kier alpha value is -2.28. The number of sulfone groups is 1. The zero-order chi connectivity index (χ0) is 19.2. The fourth-order valence-electron chi connectivity index (χ4n) is 3.76. The third kappa shape index (κ3) is 3.74. The van der Waals surface area contributed by atoms with Crippen LogP contribution in [0.2, 0.25) is 0 Å². The molecule has 1 saturated carbocycles. The number of aromatic nitrogens is 1. The Bertz CT molecular complexity index is 958. The van der Waals surface area contributed by atoms with Gasteiger partial charge in [-0.2, -0.15) is 0 Å². The quantitative estimate of drug-likeness (QED) is 0.808. The summed E-state index contributed by atoms with van der Waals surface area (Å²) in [5.74, 6) is -0.171. The van der Waals surface area contributed by atoms with Crippen molar-refractivity contribution in [3.8, 4) is 11.3 Å². The number of halogens is 1. The van der Waals surface area contributed by atoms with Crippen LogP contribution in [-0.2, 0) is 14.6 Å². The van der Waals surface area contributed by atoms with Crippen molar-refractivity contribution in [2.24, 2.45) is 5.92 Å². The van der Waals surface area contributed by atoms with Crippen molar-refractivity contribution in [2.75, 3.05) is 19.3 Å². The summed E-state index contributed by atoms with van der Waals surface area (Å²) in [6, 6.07) is 10.0. The summed E-state index contributed by atoms with van der Waals surface area (Å²) in [6.45, 7) is 0.824. The number of pyridine rings is 1. The molecule has 1 saturated heterocycles. The zero-order valence-electron chi connectivity index (χ0n) is 15.0. The van der Waals surface area contributed by atoms with E-state index < -0.39 is 15.1 Å². The monoisotopic (exact) mass is 388 g/mol. The van der Waals surface area contributed by atoms with E-state index in [1.807, 2.05) is 12.1 Å². The molecule has 3 unspecified atom stereocenters. The SMILES string of the molecule is CS(=O)(=O)C1CCN(C(=O)C2CC2c2ccc(-c3ccc(F)cc3)nc2)C1. The molecule has 1 amide bonds. The van der Waals surface area contributed by atoms with E-state index in [4.69, 9.17) is 0 Å². The van der Waals surface area contributed by atoms with Crippen LogP contribution in [-0.4, -0.2) is 48.8 Å². The van der Waals surface area contributed by atoms with E-state index in [0.717, 1.165) is 23.2 Å². The highest BCUT2D eigenvalue weighted by atomic mass is 32.2. The number of carbonyl (C=O) groups is 1. The topological polar surface area (TPSA) is 67.3 Å². The number of nitrogens with zero attached hydrogens (tertiary/aromatic N) is 2. The van der Waals surface area contributed by atoms with Crippen molar-refractivity contribution < 1.29 is 17.6 Å². The molecular formula is C20H21FN2O3S. The van der Waals surface area contributed by atoms with Gasteiger partial charge in [0.2, 0.25) is 5.91 Å². The lowest BCUT2D eigenvalue weighted by Gasteiger charge is -2.16. The second-order valence-electron chi connectivity index (χ2n) is 7.46. The average molecular weight is 388 g/mol. The van der Waals surface area contributed by atoms with E-state index in [9.17, 15) is 17.6 Å². The van der Waals surface area contributed by atoms with Crippen LogP contribution in [0.5, 0.6) is 0 Å². The molecule has 27 heavy (non-hydrogen) atoms. The fourth-order valence-corrected chi connectivity index (χ4v) is 4.75. The molecule has 7 heteroatoms. The number of amides is 1. The third-order valence-electron chi connectivity index (χ3n) is 5.52. The van der Waals surface area contributed by atoms with E-state index >= 15 is 0 Å². The van der Waals surface area contributed by atoms with Gasteiger partial charge in [-0.3, -0.25) is 9.78 Å². The highest BCUT2D eigenvalue weighted by Gasteiger charge is 2.47. The molecule has 1 aliphatic carbocycles. The maximum atomic E-state index is 13.0. The molecule has 1 aromatic carbocycles. The molecule has 1 aliphatic heterocycles. The lowest BCUT2D eigenvalue weighted by Crippen LogP contribution is -2.32.